The summed E-state index contributed by atoms with van der Waals surface area (Å²) in [5, 5.41) is 5.74. The zero-order valence-corrected chi connectivity index (χ0v) is 20.0. The van der Waals surface area contributed by atoms with E-state index in [9.17, 15) is 9.59 Å². The smallest absolute Gasteiger partial charge is 0.224 e. The van der Waals surface area contributed by atoms with Gasteiger partial charge >= 0.3 is 0 Å². The minimum atomic E-state index is -0.140. The fourth-order valence-electron chi connectivity index (χ4n) is 4.11. The zero-order chi connectivity index (χ0) is 24.3. The lowest BCUT2D eigenvalue weighted by atomic mass is 10.2. The highest BCUT2D eigenvalue weighted by Crippen LogP contribution is 2.21. The molecule has 8 nitrogen and oxygen atoms in total. The highest BCUT2D eigenvalue weighted by atomic mass is 16.5. The van der Waals surface area contributed by atoms with Gasteiger partial charge in [-0.05, 0) is 56.4 Å². The van der Waals surface area contributed by atoms with Gasteiger partial charge in [0, 0.05) is 49.6 Å². The monoisotopic (exact) mass is 482 g/mol. The summed E-state index contributed by atoms with van der Waals surface area (Å²) in [7, 11) is 0. The maximum atomic E-state index is 12.3. The molecule has 2 saturated heterocycles. The van der Waals surface area contributed by atoms with E-state index >= 15 is 0 Å². The van der Waals surface area contributed by atoms with Gasteiger partial charge in [0.1, 0.15) is 24.7 Å². The van der Waals surface area contributed by atoms with E-state index in [1.54, 1.807) is 12.1 Å². The largest absolute Gasteiger partial charge is 0.491 e. The molecule has 8 heteroatoms. The van der Waals surface area contributed by atoms with Crippen molar-refractivity contribution in [2.75, 3.05) is 37.1 Å². The summed E-state index contributed by atoms with van der Waals surface area (Å²) in [6, 6.07) is 14.6. The van der Waals surface area contributed by atoms with Gasteiger partial charge in [-0.25, -0.2) is 0 Å². The van der Waals surface area contributed by atoms with Crippen molar-refractivity contribution in [2.24, 2.45) is 0 Å². The predicted octanol–water partition coefficient (Wildman–Crippen LogP) is 4.55. The molecule has 0 saturated carbocycles. The second-order valence-corrected chi connectivity index (χ2v) is 8.90. The SMILES string of the molecule is O=C(CCCC(=O)Nc1cccc(OCC2CCCO2)c1)Nc1cccc(OCC2CCCO2)c1. The van der Waals surface area contributed by atoms with Crippen LogP contribution in [0.25, 0.3) is 0 Å². The molecular weight excluding hydrogens is 448 g/mol. The van der Waals surface area contributed by atoms with Gasteiger partial charge in [0.05, 0.1) is 12.2 Å². The number of anilines is 2. The van der Waals surface area contributed by atoms with Crippen molar-refractivity contribution in [1.29, 1.82) is 0 Å². The first-order valence-corrected chi connectivity index (χ1v) is 12.4. The summed E-state index contributed by atoms with van der Waals surface area (Å²) < 4.78 is 22.7. The molecule has 2 heterocycles. The van der Waals surface area contributed by atoms with Crippen LogP contribution in [0.4, 0.5) is 11.4 Å². The Kier molecular flexibility index (Phi) is 9.37. The lowest BCUT2D eigenvalue weighted by molar-refractivity contribution is -0.117. The van der Waals surface area contributed by atoms with Gasteiger partial charge in [-0.1, -0.05) is 12.1 Å². The second-order valence-electron chi connectivity index (χ2n) is 8.90. The average Bonchev–Trinajstić information content (AvgIpc) is 3.56. The fraction of sp³-hybridized carbons (Fsp3) is 0.481. The number of hydrogen-bond donors (Lipinski definition) is 2. The van der Waals surface area contributed by atoms with Gasteiger partial charge in [-0.15, -0.1) is 0 Å². The number of carbonyl (C=O) groups excluding carboxylic acids is 2. The third-order valence-electron chi connectivity index (χ3n) is 5.96. The molecule has 4 rings (SSSR count). The Morgan fingerprint density at radius 1 is 0.771 bits per heavy atom. The van der Waals surface area contributed by atoms with Gasteiger partial charge in [-0.2, -0.15) is 0 Å². The van der Waals surface area contributed by atoms with Crippen LogP contribution in [0.3, 0.4) is 0 Å². The van der Waals surface area contributed by atoms with Gasteiger partial charge in [0.25, 0.3) is 0 Å². The first kappa shape index (κ1) is 25.0. The van der Waals surface area contributed by atoms with Gasteiger partial charge in [0.15, 0.2) is 0 Å². The van der Waals surface area contributed by atoms with Crippen LogP contribution in [0.15, 0.2) is 48.5 Å². The lowest BCUT2D eigenvalue weighted by Crippen LogP contribution is -2.17. The molecule has 188 valence electrons. The molecule has 0 aromatic heterocycles. The molecular formula is C27H34N2O6. The molecule has 2 unspecified atom stereocenters. The molecule has 0 aliphatic carbocycles. The minimum absolute atomic E-state index is 0.140. The van der Waals surface area contributed by atoms with E-state index in [0.29, 0.717) is 42.5 Å². The molecule has 0 radical (unpaired) electrons. The van der Waals surface area contributed by atoms with Crippen molar-refractivity contribution in [3.63, 3.8) is 0 Å². The maximum absolute atomic E-state index is 12.3. The Bertz CT molecular complexity index is 892. The van der Waals surface area contributed by atoms with E-state index < -0.39 is 0 Å². The quantitative estimate of drug-likeness (QED) is 0.461. The summed E-state index contributed by atoms with van der Waals surface area (Å²) in [5.41, 5.74) is 1.34. The van der Waals surface area contributed by atoms with Crippen molar-refractivity contribution >= 4 is 23.2 Å². The standard InChI is InChI=1S/C27H34N2O6/c30-26(28-20-6-1-8-22(16-20)34-18-24-10-4-14-32-24)12-3-13-27(31)29-21-7-2-9-23(17-21)35-19-25-11-5-15-33-25/h1-2,6-9,16-17,24-25H,3-5,10-15,18-19H2,(H,28,30)(H,29,31). The molecule has 2 aromatic rings. The van der Waals surface area contributed by atoms with E-state index in [0.717, 1.165) is 38.9 Å². The molecule has 2 atom stereocenters. The van der Waals surface area contributed by atoms with Crippen LogP contribution >= 0.6 is 0 Å². The number of nitrogens with one attached hydrogen (secondary N) is 2. The van der Waals surface area contributed by atoms with Crippen LogP contribution in [0.5, 0.6) is 11.5 Å². The highest BCUT2D eigenvalue weighted by molar-refractivity contribution is 5.93. The van der Waals surface area contributed by atoms with Crippen LogP contribution in [-0.4, -0.2) is 50.4 Å². The highest BCUT2D eigenvalue weighted by Gasteiger charge is 2.17. The second kappa shape index (κ2) is 13.1. The van der Waals surface area contributed by atoms with Crippen molar-refractivity contribution < 1.29 is 28.5 Å². The molecule has 2 aliphatic rings. The first-order chi connectivity index (χ1) is 17.1. The first-order valence-electron chi connectivity index (χ1n) is 12.4. The number of amides is 2. The normalized spacial score (nSPS) is 19.3. The molecule has 35 heavy (non-hydrogen) atoms. The van der Waals surface area contributed by atoms with Crippen LogP contribution in [-0.2, 0) is 19.1 Å². The molecule has 0 spiro atoms. The third-order valence-corrected chi connectivity index (χ3v) is 5.96. The summed E-state index contributed by atoms with van der Waals surface area (Å²) in [6.07, 6.45) is 5.39. The van der Waals surface area contributed by atoms with Crippen LogP contribution < -0.4 is 20.1 Å². The molecule has 2 aliphatic heterocycles. The van der Waals surface area contributed by atoms with E-state index in [-0.39, 0.29) is 36.9 Å². The van der Waals surface area contributed by atoms with E-state index in [1.807, 2.05) is 36.4 Å². The Morgan fingerprint density at radius 2 is 1.26 bits per heavy atom. The summed E-state index contributed by atoms with van der Waals surface area (Å²) in [4.78, 5) is 24.7. The van der Waals surface area contributed by atoms with Crippen LogP contribution in [0, 0.1) is 0 Å². The van der Waals surface area contributed by atoms with Crippen molar-refractivity contribution in [3.8, 4) is 11.5 Å². The number of rotatable bonds is 12. The number of ether oxygens (including phenoxy) is 4. The number of benzene rings is 2. The van der Waals surface area contributed by atoms with E-state index in [2.05, 4.69) is 10.6 Å². The summed E-state index contributed by atoms with van der Waals surface area (Å²) in [6.45, 7) is 2.60. The third kappa shape index (κ3) is 8.56. The van der Waals surface area contributed by atoms with Gasteiger partial charge in [-0.3, -0.25) is 9.59 Å². The van der Waals surface area contributed by atoms with Gasteiger partial charge in [0.2, 0.25) is 11.8 Å². The topological polar surface area (TPSA) is 95.1 Å². The molecule has 2 N–H and O–H groups in total. The van der Waals surface area contributed by atoms with Crippen molar-refractivity contribution in [1.82, 2.24) is 0 Å². The average molecular weight is 483 g/mol. The lowest BCUT2D eigenvalue weighted by Gasteiger charge is -2.13. The zero-order valence-electron chi connectivity index (χ0n) is 20.0. The summed E-state index contributed by atoms with van der Waals surface area (Å²) in [5.74, 6) is 1.11. The van der Waals surface area contributed by atoms with Crippen molar-refractivity contribution in [2.45, 2.75) is 57.2 Å². The molecule has 2 aromatic carbocycles. The van der Waals surface area contributed by atoms with E-state index in [4.69, 9.17) is 18.9 Å². The maximum Gasteiger partial charge on any atom is 0.224 e. The predicted molar refractivity (Wildman–Crippen MR) is 133 cm³/mol. The van der Waals surface area contributed by atoms with Gasteiger partial charge < -0.3 is 29.6 Å². The Labute approximate surface area is 206 Å². The van der Waals surface area contributed by atoms with Crippen LogP contribution in [0.2, 0.25) is 0 Å². The van der Waals surface area contributed by atoms with Crippen LogP contribution in [0.1, 0.15) is 44.9 Å². The van der Waals surface area contributed by atoms with E-state index in [1.165, 1.54) is 0 Å². The summed E-state index contributed by atoms with van der Waals surface area (Å²) >= 11 is 0. The van der Waals surface area contributed by atoms with Crippen molar-refractivity contribution in [3.05, 3.63) is 48.5 Å². The molecule has 2 fully saturated rings. The number of carbonyl (C=O) groups is 2. The Morgan fingerprint density at radius 3 is 1.69 bits per heavy atom. The molecule has 2 amide bonds. The Balaban J connectivity index is 1.14. The minimum Gasteiger partial charge on any atom is -0.491 e. The molecule has 0 bridgehead atoms. The fourth-order valence-corrected chi connectivity index (χ4v) is 4.11. The Hall–Kier alpha value is -3.10. The number of hydrogen-bond acceptors (Lipinski definition) is 6.